The number of amides is 2. The van der Waals surface area contributed by atoms with Gasteiger partial charge in [-0.1, -0.05) is 36.4 Å². The van der Waals surface area contributed by atoms with Crippen LogP contribution >= 0.6 is 11.3 Å². The summed E-state index contributed by atoms with van der Waals surface area (Å²) in [6.45, 7) is 3.65. The van der Waals surface area contributed by atoms with Gasteiger partial charge in [0.2, 0.25) is 0 Å². The van der Waals surface area contributed by atoms with E-state index in [0.717, 1.165) is 32.5 Å². The quantitative estimate of drug-likeness (QED) is 0.767. The van der Waals surface area contributed by atoms with Gasteiger partial charge in [0, 0.05) is 37.1 Å². The highest BCUT2D eigenvalue weighted by atomic mass is 32.1. The SMILES string of the molecule is CN(C)C(CNC(=O)NC1CCN(Cc2ccccc2)CC1)c1cccs1. The lowest BCUT2D eigenvalue weighted by molar-refractivity contribution is 0.185. The van der Waals surface area contributed by atoms with Gasteiger partial charge in [-0.3, -0.25) is 4.90 Å². The predicted molar refractivity (Wildman–Crippen MR) is 112 cm³/mol. The minimum absolute atomic E-state index is 0.0556. The van der Waals surface area contributed by atoms with Crippen LogP contribution < -0.4 is 10.6 Å². The number of likely N-dealkylation sites (N-methyl/N-ethyl adjacent to an activating group) is 1. The highest BCUT2D eigenvalue weighted by Crippen LogP contribution is 2.22. The van der Waals surface area contributed by atoms with E-state index in [4.69, 9.17) is 0 Å². The molecule has 0 aliphatic carbocycles. The van der Waals surface area contributed by atoms with Gasteiger partial charge in [-0.05, 0) is 43.9 Å². The van der Waals surface area contributed by atoms with Crippen LogP contribution in [0.4, 0.5) is 4.79 Å². The largest absolute Gasteiger partial charge is 0.336 e. The number of urea groups is 1. The summed E-state index contributed by atoms with van der Waals surface area (Å²) in [5, 5.41) is 8.28. The molecule has 3 rings (SSSR count). The van der Waals surface area contributed by atoms with E-state index >= 15 is 0 Å². The molecule has 1 saturated heterocycles. The maximum atomic E-state index is 12.3. The number of nitrogens with zero attached hydrogens (tertiary/aromatic N) is 2. The van der Waals surface area contributed by atoms with Gasteiger partial charge in [0.05, 0.1) is 6.04 Å². The third-order valence-electron chi connectivity index (χ3n) is 5.12. The zero-order valence-corrected chi connectivity index (χ0v) is 17.0. The Bertz CT molecular complexity index is 681. The normalized spacial score (nSPS) is 17.0. The molecule has 6 heteroatoms. The average Bonchev–Trinajstić information content (AvgIpc) is 3.18. The Labute approximate surface area is 166 Å². The molecule has 0 saturated carbocycles. The molecule has 5 nitrogen and oxygen atoms in total. The van der Waals surface area contributed by atoms with E-state index in [1.54, 1.807) is 11.3 Å². The number of hydrogen-bond acceptors (Lipinski definition) is 4. The van der Waals surface area contributed by atoms with Gasteiger partial charge in [-0.15, -0.1) is 11.3 Å². The fourth-order valence-corrected chi connectivity index (χ4v) is 4.44. The summed E-state index contributed by atoms with van der Waals surface area (Å²) in [5.41, 5.74) is 1.35. The molecule has 2 N–H and O–H groups in total. The molecule has 0 radical (unpaired) electrons. The van der Waals surface area contributed by atoms with Gasteiger partial charge in [0.15, 0.2) is 0 Å². The Balaban J connectivity index is 1.39. The minimum atomic E-state index is -0.0556. The number of carbonyl (C=O) groups is 1. The summed E-state index contributed by atoms with van der Waals surface area (Å²) in [6, 6.07) is 15.2. The van der Waals surface area contributed by atoms with Crippen LogP contribution in [0.5, 0.6) is 0 Å². The first-order chi connectivity index (χ1) is 13.1. The van der Waals surface area contributed by atoms with Gasteiger partial charge in [0.25, 0.3) is 0 Å². The fraction of sp³-hybridized carbons (Fsp3) is 0.476. The molecule has 0 spiro atoms. The van der Waals surface area contributed by atoms with Crippen LogP contribution in [-0.4, -0.2) is 55.6 Å². The van der Waals surface area contributed by atoms with Crippen molar-refractivity contribution < 1.29 is 4.79 Å². The van der Waals surface area contributed by atoms with Crippen molar-refractivity contribution in [1.82, 2.24) is 20.4 Å². The molecule has 1 atom stereocenters. The monoisotopic (exact) mass is 386 g/mol. The number of carbonyl (C=O) groups excluding carboxylic acids is 1. The highest BCUT2D eigenvalue weighted by molar-refractivity contribution is 7.10. The third kappa shape index (κ3) is 6.06. The Hall–Kier alpha value is -1.89. The number of benzene rings is 1. The van der Waals surface area contributed by atoms with Gasteiger partial charge >= 0.3 is 6.03 Å². The number of likely N-dealkylation sites (tertiary alicyclic amines) is 1. The van der Waals surface area contributed by atoms with Crippen molar-refractivity contribution in [3.63, 3.8) is 0 Å². The zero-order chi connectivity index (χ0) is 19.1. The van der Waals surface area contributed by atoms with Crippen molar-refractivity contribution >= 4 is 17.4 Å². The molecular formula is C21H30N4OS. The zero-order valence-electron chi connectivity index (χ0n) is 16.2. The maximum absolute atomic E-state index is 12.3. The summed E-state index contributed by atoms with van der Waals surface area (Å²) < 4.78 is 0. The van der Waals surface area contributed by atoms with Crippen LogP contribution in [0, 0.1) is 0 Å². The maximum Gasteiger partial charge on any atom is 0.315 e. The summed E-state index contributed by atoms with van der Waals surface area (Å²) in [4.78, 5) is 18.2. The van der Waals surface area contributed by atoms with Crippen molar-refractivity contribution in [2.45, 2.75) is 31.5 Å². The van der Waals surface area contributed by atoms with E-state index in [-0.39, 0.29) is 18.1 Å². The Morgan fingerprint density at radius 3 is 2.56 bits per heavy atom. The molecule has 2 amide bonds. The molecule has 0 bridgehead atoms. The highest BCUT2D eigenvalue weighted by Gasteiger charge is 2.21. The van der Waals surface area contributed by atoms with E-state index in [1.165, 1.54) is 10.4 Å². The van der Waals surface area contributed by atoms with Gasteiger partial charge in [-0.25, -0.2) is 4.79 Å². The first-order valence-corrected chi connectivity index (χ1v) is 10.5. The Morgan fingerprint density at radius 2 is 1.93 bits per heavy atom. The Morgan fingerprint density at radius 1 is 1.19 bits per heavy atom. The van der Waals surface area contributed by atoms with Crippen molar-refractivity contribution in [2.75, 3.05) is 33.7 Å². The predicted octanol–water partition coefficient (Wildman–Crippen LogP) is 3.31. The van der Waals surface area contributed by atoms with Crippen molar-refractivity contribution in [3.8, 4) is 0 Å². The third-order valence-corrected chi connectivity index (χ3v) is 6.10. The van der Waals surface area contributed by atoms with Crippen molar-refractivity contribution in [2.24, 2.45) is 0 Å². The molecule has 1 fully saturated rings. The van der Waals surface area contributed by atoms with E-state index in [9.17, 15) is 4.79 Å². The van der Waals surface area contributed by atoms with Crippen LogP contribution in [0.3, 0.4) is 0 Å². The summed E-state index contributed by atoms with van der Waals surface area (Å²) >= 11 is 1.73. The molecule has 1 aliphatic rings. The minimum Gasteiger partial charge on any atom is -0.336 e. The van der Waals surface area contributed by atoms with Gasteiger partial charge in [0.1, 0.15) is 0 Å². The molecule has 2 aromatic rings. The van der Waals surface area contributed by atoms with Crippen LogP contribution in [0.1, 0.15) is 29.3 Å². The molecule has 27 heavy (non-hydrogen) atoms. The summed E-state index contributed by atoms with van der Waals surface area (Å²) in [6.07, 6.45) is 2.00. The molecule has 1 aromatic carbocycles. The lowest BCUT2D eigenvalue weighted by Gasteiger charge is -2.32. The number of piperidine rings is 1. The number of rotatable bonds is 7. The molecule has 1 aliphatic heterocycles. The van der Waals surface area contributed by atoms with Gasteiger partial charge in [-0.2, -0.15) is 0 Å². The van der Waals surface area contributed by atoms with E-state index in [2.05, 4.69) is 68.3 Å². The molecule has 1 unspecified atom stereocenters. The summed E-state index contributed by atoms with van der Waals surface area (Å²) in [7, 11) is 4.10. The van der Waals surface area contributed by atoms with Crippen molar-refractivity contribution in [1.29, 1.82) is 0 Å². The van der Waals surface area contributed by atoms with Gasteiger partial charge < -0.3 is 15.5 Å². The van der Waals surface area contributed by atoms with Crippen LogP contribution in [0.15, 0.2) is 47.8 Å². The number of nitrogens with one attached hydrogen (secondary N) is 2. The van der Waals surface area contributed by atoms with E-state index < -0.39 is 0 Å². The summed E-state index contributed by atoms with van der Waals surface area (Å²) in [5.74, 6) is 0. The van der Waals surface area contributed by atoms with Crippen molar-refractivity contribution in [3.05, 3.63) is 58.3 Å². The van der Waals surface area contributed by atoms with Crippen LogP contribution in [-0.2, 0) is 6.54 Å². The Kier molecular flexibility index (Phi) is 7.26. The lowest BCUT2D eigenvalue weighted by Crippen LogP contribution is -2.48. The molecular weight excluding hydrogens is 356 g/mol. The smallest absolute Gasteiger partial charge is 0.315 e. The lowest BCUT2D eigenvalue weighted by atomic mass is 10.0. The van der Waals surface area contributed by atoms with E-state index in [0.29, 0.717) is 6.54 Å². The molecule has 146 valence electrons. The van der Waals surface area contributed by atoms with Crippen LogP contribution in [0.25, 0.3) is 0 Å². The first-order valence-electron chi connectivity index (χ1n) is 9.62. The fourth-order valence-electron chi connectivity index (χ4n) is 3.52. The standard InChI is InChI=1S/C21H30N4OS/c1-24(2)19(20-9-6-14-27-20)15-22-21(26)23-18-10-12-25(13-11-18)16-17-7-4-3-5-8-17/h3-9,14,18-19H,10-13,15-16H2,1-2H3,(H2,22,23,26). The second-order valence-electron chi connectivity index (χ2n) is 7.39. The first kappa shape index (κ1) is 19.9. The molecule has 2 heterocycles. The second kappa shape index (κ2) is 9.88. The average molecular weight is 387 g/mol. The number of thiophene rings is 1. The van der Waals surface area contributed by atoms with E-state index in [1.807, 2.05) is 14.1 Å². The van der Waals surface area contributed by atoms with Crippen LogP contribution in [0.2, 0.25) is 0 Å². The second-order valence-corrected chi connectivity index (χ2v) is 8.36. The molecule has 1 aromatic heterocycles. The number of hydrogen-bond donors (Lipinski definition) is 2. The topological polar surface area (TPSA) is 47.6 Å².